The van der Waals surface area contributed by atoms with Crippen LogP contribution in [0, 0.1) is 0 Å². The quantitative estimate of drug-likeness (QED) is 0.529. The molecular formula is C20H16ClN3O2. The molecule has 0 aliphatic rings. The van der Waals surface area contributed by atoms with E-state index in [-0.39, 0.29) is 5.91 Å². The van der Waals surface area contributed by atoms with E-state index in [4.69, 9.17) is 16.3 Å². The normalized spacial score (nSPS) is 10.7. The molecule has 1 N–H and O–H groups in total. The smallest absolute Gasteiger partial charge is 0.272 e. The molecule has 0 spiro atoms. The van der Waals surface area contributed by atoms with Crippen molar-refractivity contribution in [3.8, 4) is 5.75 Å². The van der Waals surface area contributed by atoms with Gasteiger partial charge in [0, 0.05) is 23.0 Å². The van der Waals surface area contributed by atoms with E-state index in [2.05, 4.69) is 15.5 Å². The Hall–Kier alpha value is -3.18. The van der Waals surface area contributed by atoms with Crippen LogP contribution in [-0.2, 0) is 6.61 Å². The molecule has 130 valence electrons. The molecule has 2 aromatic carbocycles. The number of ether oxygens (including phenoxy) is 1. The molecule has 0 saturated carbocycles. The fourth-order valence-corrected chi connectivity index (χ4v) is 2.34. The lowest BCUT2D eigenvalue weighted by molar-refractivity contribution is 0.0955. The molecule has 1 aromatic heterocycles. The number of nitrogens with zero attached hydrogens (tertiary/aromatic N) is 2. The van der Waals surface area contributed by atoms with Crippen molar-refractivity contribution in [3.63, 3.8) is 0 Å². The summed E-state index contributed by atoms with van der Waals surface area (Å²) in [6, 6.07) is 18.3. The van der Waals surface area contributed by atoms with Crippen LogP contribution in [0.3, 0.4) is 0 Å². The van der Waals surface area contributed by atoms with Crippen LogP contribution in [0.5, 0.6) is 5.75 Å². The van der Waals surface area contributed by atoms with Gasteiger partial charge >= 0.3 is 0 Å². The second-order valence-corrected chi connectivity index (χ2v) is 5.80. The fraction of sp³-hybridized carbons (Fsp3) is 0.0500. The van der Waals surface area contributed by atoms with Gasteiger partial charge in [-0.25, -0.2) is 5.43 Å². The van der Waals surface area contributed by atoms with Gasteiger partial charge in [-0.3, -0.25) is 9.78 Å². The molecule has 0 radical (unpaired) electrons. The summed E-state index contributed by atoms with van der Waals surface area (Å²) in [5.74, 6) is 0.413. The van der Waals surface area contributed by atoms with E-state index < -0.39 is 0 Å². The number of nitrogens with one attached hydrogen (secondary N) is 1. The first-order chi connectivity index (χ1) is 12.7. The summed E-state index contributed by atoms with van der Waals surface area (Å²) >= 11 is 6.11. The van der Waals surface area contributed by atoms with Crippen molar-refractivity contribution in [2.45, 2.75) is 6.61 Å². The molecule has 0 bridgehead atoms. The molecule has 5 nitrogen and oxygen atoms in total. The summed E-state index contributed by atoms with van der Waals surface area (Å²) in [4.78, 5) is 15.7. The molecule has 1 amide bonds. The standard InChI is InChI=1S/C20H16ClN3O2/c21-19-6-2-1-4-17(19)14-26-18-9-7-15(8-10-18)12-23-24-20(25)16-5-3-11-22-13-16/h1-13H,14H2,(H,24,25)/b23-12-. The van der Waals surface area contributed by atoms with Crippen molar-refractivity contribution >= 4 is 23.7 Å². The number of hydrazone groups is 1. The average molecular weight is 366 g/mol. The van der Waals surface area contributed by atoms with Gasteiger partial charge in [0.05, 0.1) is 11.8 Å². The third-order valence-electron chi connectivity index (χ3n) is 3.54. The molecule has 0 unspecified atom stereocenters. The Balaban J connectivity index is 1.53. The zero-order valence-electron chi connectivity index (χ0n) is 13.8. The first-order valence-electron chi connectivity index (χ1n) is 7.92. The van der Waals surface area contributed by atoms with E-state index in [0.29, 0.717) is 17.2 Å². The molecule has 0 aliphatic carbocycles. The maximum Gasteiger partial charge on any atom is 0.272 e. The Morgan fingerprint density at radius 2 is 1.92 bits per heavy atom. The van der Waals surface area contributed by atoms with Crippen LogP contribution >= 0.6 is 11.6 Å². The highest BCUT2D eigenvalue weighted by molar-refractivity contribution is 6.31. The maximum atomic E-state index is 11.8. The summed E-state index contributed by atoms with van der Waals surface area (Å²) in [5, 5.41) is 4.62. The van der Waals surface area contributed by atoms with Gasteiger partial charge in [0.25, 0.3) is 5.91 Å². The maximum absolute atomic E-state index is 11.8. The predicted molar refractivity (Wildman–Crippen MR) is 102 cm³/mol. The van der Waals surface area contributed by atoms with Crippen LogP contribution < -0.4 is 10.2 Å². The van der Waals surface area contributed by atoms with Crippen molar-refractivity contribution in [3.05, 3.63) is 94.8 Å². The van der Waals surface area contributed by atoms with E-state index in [1.165, 1.54) is 6.20 Å². The number of hydrogen-bond donors (Lipinski definition) is 1. The van der Waals surface area contributed by atoms with Crippen LogP contribution in [0.4, 0.5) is 0 Å². The first kappa shape index (κ1) is 17.6. The van der Waals surface area contributed by atoms with Gasteiger partial charge in [-0.1, -0.05) is 29.8 Å². The largest absolute Gasteiger partial charge is 0.489 e. The van der Waals surface area contributed by atoms with Gasteiger partial charge in [0.1, 0.15) is 12.4 Å². The minimum Gasteiger partial charge on any atom is -0.489 e. The van der Waals surface area contributed by atoms with Gasteiger partial charge in [-0.2, -0.15) is 5.10 Å². The Kier molecular flexibility index (Phi) is 5.96. The Morgan fingerprint density at radius 1 is 1.12 bits per heavy atom. The van der Waals surface area contributed by atoms with Crippen LogP contribution in [0.15, 0.2) is 78.2 Å². The first-order valence-corrected chi connectivity index (χ1v) is 8.30. The number of carbonyl (C=O) groups excluding carboxylic acids is 1. The zero-order valence-corrected chi connectivity index (χ0v) is 14.6. The molecule has 26 heavy (non-hydrogen) atoms. The molecule has 3 aromatic rings. The highest BCUT2D eigenvalue weighted by atomic mass is 35.5. The highest BCUT2D eigenvalue weighted by Gasteiger charge is 2.03. The van der Waals surface area contributed by atoms with Crippen LogP contribution in [-0.4, -0.2) is 17.1 Å². The molecular weight excluding hydrogens is 350 g/mol. The van der Waals surface area contributed by atoms with Gasteiger partial charge in [0.2, 0.25) is 0 Å². The van der Waals surface area contributed by atoms with E-state index in [9.17, 15) is 4.79 Å². The lowest BCUT2D eigenvalue weighted by Crippen LogP contribution is -2.17. The van der Waals surface area contributed by atoms with Crippen molar-refractivity contribution in [1.29, 1.82) is 0 Å². The number of aromatic nitrogens is 1. The summed E-state index contributed by atoms with van der Waals surface area (Å²) in [6.45, 7) is 0.397. The van der Waals surface area contributed by atoms with Gasteiger partial charge in [-0.05, 0) is 48.0 Å². The summed E-state index contributed by atoms with van der Waals surface area (Å²) in [5.41, 5.74) is 4.67. The second kappa shape index (κ2) is 8.78. The third-order valence-corrected chi connectivity index (χ3v) is 3.90. The average Bonchev–Trinajstić information content (AvgIpc) is 2.69. The minimum atomic E-state index is -0.311. The molecule has 6 heteroatoms. The lowest BCUT2D eigenvalue weighted by Gasteiger charge is -2.07. The highest BCUT2D eigenvalue weighted by Crippen LogP contribution is 2.18. The Labute approximate surface area is 156 Å². The van der Waals surface area contributed by atoms with Crippen molar-refractivity contribution in [1.82, 2.24) is 10.4 Å². The number of rotatable bonds is 6. The number of halogens is 1. The molecule has 3 rings (SSSR count). The monoisotopic (exact) mass is 365 g/mol. The van der Waals surface area contributed by atoms with E-state index in [1.807, 2.05) is 48.5 Å². The summed E-state index contributed by atoms with van der Waals surface area (Å²) < 4.78 is 5.72. The van der Waals surface area contributed by atoms with E-state index in [1.54, 1.807) is 24.5 Å². The van der Waals surface area contributed by atoms with E-state index in [0.717, 1.165) is 16.9 Å². The number of amides is 1. The van der Waals surface area contributed by atoms with Gasteiger partial charge < -0.3 is 4.74 Å². The molecule has 0 aliphatic heterocycles. The summed E-state index contributed by atoms with van der Waals surface area (Å²) in [6.07, 6.45) is 4.65. The Bertz CT molecular complexity index is 896. The lowest BCUT2D eigenvalue weighted by atomic mass is 10.2. The van der Waals surface area contributed by atoms with Crippen LogP contribution in [0.2, 0.25) is 5.02 Å². The van der Waals surface area contributed by atoms with Crippen molar-refractivity contribution in [2.75, 3.05) is 0 Å². The Morgan fingerprint density at radius 3 is 2.65 bits per heavy atom. The number of hydrogen-bond acceptors (Lipinski definition) is 4. The second-order valence-electron chi connectivity index (χ2n) is 5.39. The summed E-state index contributed by atoms with van der Waals surface area (Å²) in [7, 11) is 0. The number of carbonyl (C=O) groups is 1. The van der Waals surface area contributed by atoms with Crippen molar-refractivity contribution in [2.24, 2.45) is 5.10 Å². The minimum absolute atomic E-state index is 0.311. The van der Waals surface area contributed by atoms with Gasteiger partial charge in [-0.15, -0.1) is 0 Å². The molecule has 0 saturated heterocycles. The van der Waals surface area contributed by atoms with E-state index >= 15 is 0 Å². The fourth-order valence-electron chi connectivity index (χ4n) is 2.15. The third kappa shape index (κ3) is 4.91. The molecule has 0 atom stereocenters. The van der Waals surface area contributed by atoms with Crippen molar-refractivity contribution < 1.29 is 9.53 Å². The predicted octanol–water partition coefficient (Wildman–Crippen LogP) is 4.08. The van der Waals surface area contributed by atoms with Crippen LogP contribution in [0.1, 0.15) is 21.5 Å². The number of benzene rings is 2. The molecule has 1 heterocycles. The van der Waals surface area contributed by atoms with Gasteiger partial charge in [0.15, 0.2) is 0 Å². The number of pyridine rings is 1. The topological polar surface area (TPSA) is 63.6 Å². The SMILES string of the molecule is O=C(N/N=C\c1ccc(OCc2ccccc2Cl)cc1)c1cccnc1. The zero-order chi connectivity index (χ0) is 18.2. The molecule has 0 fully saturated rings. The van der Waals surface area contributed by atoms with Crippen LogP contribution in [0.25, 0.3) is 0 Å².